The standard InChI is InChI=1S/C31H45NO/c1-3-5-6-7-8-9-10-11-13-31(33)29-22-23-30(32-24-29)28-20-18-27(19-21-28)26-16-14-25(12-4-2)15-17-26/h18-26H,3-17H2,1-2H3. The number of Topliss-reactive ketones (excluding diaryl/α,β-unsaturated/α-hetero) is 1. The lowest BCUT2D eigenvalue weighted by atomic mass is 9.77. The molecule has 2 aromatic rings. The van der Waals surface area contributed by atoms with Gasteiger partial charge in [0.05, 0.1) is 5.69 Å². The first-order valence-electron chi connectivity index (χ1n) is 13.8. The summed E-state index contributed by atoms with van der Waals surface area (Å²) < 4.78 is 0. The van der Waals surface area contributed by atoms with Gasteiger partial charge < -0.3 is 0 Å². The molecule has 1 aromatic heterocycles. The Labute approximate surface area is 202 Å². The first-order chi connectivity index (χ1) is 16.2. The van der Waals surface area contributed by atoms with Crippen LogP contribution in [0.4, 0.5) is 0 Å². The van der Waals surface area contributed by atoms with E-state index < -0.39 is 0 Å². The zero-order valence-corrected chi connectivity index (χ0v) is 21.2. The van der Waals surface area contributed by atoms with Gasteiger partial charge in [0.15, 0.2) is 5.78 Å². The molecule has 2 nitrogen and oxygen atoms in total. The predicted octanol–water partition coefficient (Wildman–Crippen LogP) is 9.54. The Morgan fingerprint density at radius 3 is 2.06 bits per heavy atom. The molecule has 1 fully saturated rings. The van der Waals surface area contributed by atoms with Crippen molar-refractivity contribution < 1.29 is 4.79 Å². The van der Waals surface area contributed by atoms with Crippen molar-refractivity contribution in [2.45, 2.75) is 116 Å². The molecule has 0 spiro atoms. The van der Waals surface area contributed by atoms with E-state index >= 15 is 0 Å². The Hall–Kier alpha value is -1.96. The van der Waals surface area contributed by atoms with Crippen molar-refractivity contribution in [1.29, 1.82) is 0 Å². The monoisotopic (exact) mass is 447 g/mol. The fourth-order valence-corrected chi connectivity index (χ4v) is 5.41. The molecule has 1 aromatic carbocycles. The molecule has 0 bridgehead atoms. The molecule has 1 saturated carbocycles. The molecule has 0 saturated heterocycles. The third kappa shape index (κ3) is 8.40. The second-order valence-corrected chi connectivity index (χ2v) is 10.2. The molecular formula is C31H45NO. The normalized spacial score (nSPS) is 18.4. The first kappa shape index (κ1) is 25.7. The van der Waals surface area contributed by atoms with E-state index in [2.05, 4.69) is 43.1 Å². The smallest absolute Gasteiger partial charge is 0.164 e. The summed E-state index contributed by atoms with van der Waals surface area (Å²) in [5.74, 6) is 1.90. The lowest BCUT2D eigenvalue weighted by Crippen LogP contribution is -2.13. The summed E-state index contributed by atoms with van der Waals surface area (Å²) in [6, 6.07) is 13.0. The summed E-state index contributed by atoms with van der Waals surface area (Å²) in [6.45, 7) is 4.56. The van der Waals surface area contributed by atoms with Crippen LogP contribution in [0.1, 0.15) is 132 Å². The molecule has 1 aliphatic rings. The third-order valence-electron chi connectivity index (χ3n) is 7.56. The van der Waals surface area contributed by atoms with Crippen LogP contribution < -0.4 is 0 Å². The van der Waals surface area contributed by atoms with E-state index in [0.29, 0.717) is 6.42 Å². The average Bonchev–Trinajstić information content (AvgIpc) is 2.86. The molecule has 3 rings (SSSR count). The SMILES string of the molecule is CCCCCCCCCCC(=O)c1ccc(-c2ccc(C3CCC(CCC)CC3)cc2)nc1. The second kappa shape index (κ2) is 14.3. The number of nitrogens with zero attached hydrogens (tertiary/aromatic N) is 1. The van der Waals surface area contributed by atoms with E-state index in [9.17, 15) is 4.79 Å². The molecule has 0 radical (unpaired) electrons. The van der Waals surface area contributed by atoms with Crippen LogP contribution in [0, 0.1) is 5.92 Å². The van der Waals surface area contributed by atoms with Gasteiger partial charge in [-0.05, 0) is 61.6 Å². The Morgan fingerprint density at radius 1 is 0.788 bits per heavy atom. The predicted molar refractivity (Wildman–Crippen MR) is 141 cm³/mol. The maximum absolute atomic E-state index is 12.5. The van der Waals surface area contributed by atoms with Gasteiger partial charge in [-0.1, -0.05) is 95.9 Å². The average molecular weight is 448 g/mol. The topological polar surface area (TPSA) is 30.0 Å². The summed E-state index contributed by atoms with van der Waals surface area (Å²) in [7, 11) is 0. The van der Waals surface area contributed by atoms with Gasteiger partial charge in [-0.15, -0.1) is 0 Å². The van der Waals surface area contributed by atoms with Gasteiger partial charge in [-0.2, -0.15) is 0 Å². The zero-order chi connectivity index (χ0) is 23.3. The highest BCUT2D eigenvalue weighted by Crippen LogP contribution is 2.37. The Bertz CT molecular complexity index is 800. The Morgan fingerprint density at radius 2 is 1.45 bits per heavy atom. The van der Waals surface area contributed by atoms with Crippen LogP contribution in [0.3, 0.4) is 0 Å². The van der Waals surface area contributed by atoms with E-state index in [1.54, 1.807) is 6.20 Å². The van der Waals surface area contributed by atoms with Crippen LogP contribution in [0.2, 0.25) is 0 Å². The molecule has 0 aliphatic heterocycles. The highest BCUT2D eigenvalue weighted by Gasteiger charge is 2.21. The lowest BCUT2D eigenvalue weighted by molar-refractivity contribution is 0.0978. The zero-order valence-electron chi connectivity index (χ0n) is 21.2. The molecular weight excluding hydrogens is 402 g/mol. The molecule has 180 valence electrons. The maximum atomic E-state index is 12.5. The van der Waals surface area contributed by atoms with Crippen LogP contribution in [0.25, 0.3) is 11.3 Å². The van der Waals surface area contributed by atoms with Gasteiger partial charge in [0.25, 0.3) is 0 Å². The lowest BCUT2D eigenvalue weighted by Gasteiger charge is -2.28. The van der Waals surface area contributed by atoms with Crippen molar-refractivity contribution >= 4 is 5.78 Å². The molecule has 0 unspecified atom stereocenters. The summed E-state index contributed by atoms with van der Waals surface area (Å²) >= 11 is 0. The summed E-state index contributed by atoms with van der Waals surface area (Å²) in [4.78, 5) is 17.1. The Balaban J connectivity index is 1.42. The maximum Gasteiger partial charge on any atom is 0.164 e. The summed E-state index contributed by atoms with van der Waals surface area (Å²) in [6.07, 6.45) is 20.6. The van der Waals surface area contributed by atoms with Crippen LogP contribution in [0.5, 0.6) is 0 Å². The van der Waals surface area contributed by atoms with Crippen LogP contribution >= 0.6 is 0 Å². The molecule has 0 amide bonds. The van der Waals surface area contributed by atoms with E-state index in [0.717, 1.165) is 41.5 Å². The number of unbranched alkanes of at least 4 members (excludes halogenated alkanes) is 7. The first-order valence-corrected chi connectivity index (χ1v) is 13.8. The highest BCUT2D eigenvalue weighted by molar-refractivity contribution is 5.95. The van der Waals surface area contributed by atoms with Crippen LogP contribution in [-0.4, -0.2) is 10.8 Å². The fourth-order valence-electron chi connectivity index (χ4n) is 5.41. The number of ketones is 1. The van der Waals surface area contributed by atoms with Crippen molar-refractivity contribution in [3.8, 4) is 11.3 Å². The van der Waals surface area contributed by atoms with E-state index in [-0.39, 0.29) is 5.78 Å². The number of carbonyl (C=O) groups excluding carboxylic acids is 1. The molecule has 33 heavy (non-hydrogen) atoms. The van der Waals surface area contributed by atoms with Gasteiger partial charge in [-0.25, -0.2) is 0 Å². The van der Waals surface area contributed by atoms with Crippen molar-refractivity contribution in [3.05, 3.63) is 53.7 Å². The van der Waals surface area contributed by atoms with Crippen molar-refractivity contribution in [2.24, 2.45) is 5.92 Å². The molecule has 0 N–H and O–H groups in total. The van der Waals surface area contributed by atoms with Gasteiger partial charge in [0, 0.05) is 23.7 Å². The number of rotatable bonds is 14. The van der Waals surface area contributed by atoms with Gasteiger partial charge in [-0.3, -0.25) is 9.78 Å². The van der Waals surface area contributed by atoms with Crippen molar-refractivity contribution in [3.63, 3.8) is 0 Å². The van der Waals surface area contributed by atoms with Gasteiger partial charge in [0.2, 0.25) is 0 Å². The summed E-state index contributed by atoms with van der Waals surface area (Å²) in [5.41, 5.74) is 4.32. The van der Waals surface area contributed by atoms with Crippen LogP contribution in [-0.2, 0) is 0 Å². The van der Waals surface area contributed by atoms with E-state index in [1.807, 2.05) is 12.1 Å². The van der Waals surface area contributed by atoms with Crippen molar-refractivity contribution in [1.82, 2.24) is 4.98 Å². The number of benzene rings is 1. The van der Waals surface area contributed by atoms with Crippen molar-refractivity contribution in [2.75, 3.05) is 0 Å². The number of hydrogen-bond acceptors (Lipinski definition) is 2. The van der Waals surface area contributed by atoms with Gasteiger partial charge in [0.1, 0.15) is 0 Å². The number of carbonyl (C=O) groups is 1. The van der Waals surface area contributed by atoms with E-state index in [1.165, 1.54) is 82.6 Å². The number of pyridine rings is 1. The summed E-state index contributed by atoms with van der Waals surface area (Å²) in [5, 5.41) is 0. The van der Waals surface area contributed by atoms with Gasteiger partial charge >= 0.3 is 0 Å². The quantitative estimate of drug-likeness (QED) is 0.213. The van der Waals surface area contributed by atoms with Crippen LogP contribution in [0.15, 0.2) is 42.6 Å². The largest absolute Gasteiger partial charge is 0.294 e. The molecule has 1 aliphatic carbocycles. The third-order valence-corrected chi connectivity index (χ3v) is 7.56. The highest BCUT2D eigenvalue weighted by atomic mass is 16.1. The van der Waals surface area contributed by atoms with E-state index in [4.69, 9.17) is 0 Å². The Kier molecular flexibility index (Phi) is 11.1. The fraction of sp³-hybridized carbons (Fsp3) is 0.613. The second-order valence-electron chi connectivity index (χ2n) is 10.2. The molecule has 2 heteroatoms. The molecule has 1 heterocycles. The minimum absolute atomic E-state index is 0.231. The minimum Gasteiger partial charge on any atom is -0.294 e. The molecule has 0 atom stereocenters. The minimum atomic E-state index is 0.231. The number of hydrogen-bond donors (Lipinski definition) is 0. The number of aromatic nitrogens is 1.